The third-order valence-corrected chi connectivity index (χ3v) is 4.35. The monoisotopic (exact) mass is 244 g/mol. The average Bonchev–Trinajstić information content (AvgIpc) is 2.94. The molecule has 2 aliphatic rings. The summed E-state index contributed by atoms with van der Waals surface area (Å²) >= 11 is 0. The molecule has 1 atom stereocenters. The molecule has 1 saturated heterocycles. The third kappa shape index (κ3) is 2.86. The van der Waals surface area contributed by atoms with Gasteiger partial charge in [0.2, 0.25) is 0 Å². The number of nitrogens with one attached hydrogen (secondary N) is 2. The molecular formula is C16H24N2. The smallest absolute Gasteiger partial charge is 0.0342 e. The number of hydrogen-bond donors (Lipinski definition) is 2. The third-order valence-electron chi connectivity index (χ3n) is 4.35. The van der Waals surface area contributed by atoms with Crippen LogP contribution in [0.5, 0.6) is 0 Å². The number of benzene rings is 1. The molecule has 1 aliphatic carbocycles. The maximum atomic E-state index is 3.65. The Hall–Kier alpha value is -1.02. The van der Waals surface area contributed by atoms with Crippen molar-refractivity contribution < 1.29 is 0 Å². The summed E-state index contributed by atoms with van der Waals surface area (Å²) in [5.74, 6) is 0. The Morgan fingerprint density at radius 3 is 2.28 bits per heavy atom. The van der Waals surface area contributed by atoms with E-state index in [1.54, 1.807) is 0 Å². The Kier molecular flexibility index (Phi) is 3.84. The number of rotatable bonds is 3. The van der Waals surface area contributed by atoms with Gasteiger partial charge in [0.25, 0.3) is 0 Å². The molecule has 0 radical (unpaired) electrons. The molecular weight excluding hydrogens is 220 g/mol. The quantitative estimate of drug-likeness (QED) is 0.843. The van der Waals surface area contributed by atoms with Gasteiger partial charge < -0.3 is 10.6 Å². The van der Waals surface area contributed by atoms with Gasteiger partial charge in [0.1, 0.15) is 0 Å². The molecule has 0 aromatic heterocycles. The highest BCUT2D eigenvalue weighted by atomic mass is 14.9. The zero-order valence-corrected chi connectivity index (χ0v) is 11.1. The standard InChI is InChI=1S/C16H24N2/c1-2-6-14(5-1)18-15-10-8-13(9-11-15)16-7-3-4-12-17-16/h8-11,14,16-18H,1-7,12H2. The van der Waals surface area contributed by atoms with Crippen molar-refractivity contribution in [2.75, 3.05) is 11.9 Å². The zero-order chi connectivity index (χ0) is 12.2. The van der Waals surface area contributed by atoms with Gasteiger partial charge in [-0.2, -0.15) is 0 Å². The van der Waals surface area contributed by atoms with Crippen molar-refractivity contribution in [1.29, 1.82) is 0 Å². The fourth-order valence-electron chi connectivity index (χ4n) is 3.25. The van der Waals surface area contributed by atoms with Gasteiger partial charge in [0.05, 0.1) is 0 Å². The van der Waals surface area contributed by atoms with Crippen molar-refractivity contribution >= 4 is 5.69 Å². The molecule has 0 amide bonds. The van der Waals surface area contributed by atoms with Crippen LogP contribution in [0.2, 0.25) is 0 Å². The first-order chi connectivity index (χ1) is 8.92. The summed E-state index contributed by atoms with van der Waals surface area (Å²) < 4.78 is 0. The van der Waals surface area contributed by atoms with E-state index in [0.29, 0.717) is 12.1 Å². The summed E-state index contributed by atoms with van der Waals surface area (Å²) in [6.07, 6.45) is 9.44. The van der Waals surface area contributed by atoms with Gasteiger partial charge in [-0.1, -0.05) is 31.4 Å². The predicted octanol–water partition coefficient (Wildman–Crippen LogP) is 3.86. The molecule has 3 rings (SSSR count). The molecule has 18 heavy (non-hydrogen) atoms. The van der Waals surface area contributed by atoms with Crippen LogP contribution < -0.4 is 10.6 Å². The number of anilines is 1. The lowest BCUT2D eigenvalue weighted by Gasteiger charge is -2.24. The highest BCUT2D eigenvalue weighted by Crippen LogP contribution is 2.26. The van der Waals surface area contributed by atoms with Gasteiger partial charge in [-0.3, -0.25) is 0 Å². The highest BCUT2D eigenvalue weighted by molar-refractivity contribution is 5.46. The van der Waals surface area contributed by atoms with Gasteiger partial charge in [0.15, 0.2) is 0 Å². The maximum Gasteiger partial charge on any atom is 0.0342 e. The minimum absolute atomic E-state index is 0.583. The van der Waals surface area contributed by atoms with E-state index in [9.17, 15) is 0 Å². The summed E-state index contributed by atoms with van der Waals surface area (Å²) in [4.78, 5) is 0. The highest BCUT2D eigenvalue weighted by Gasteiger charge is 2.16. The molecule has 2 nitrogen and oxygen atoms in total. The minimum atomic E-state index is 0.583. The van der Waals surface area contributed by atoms with E-state index >= 15 is 0 Å². The van der Waals surface area contributed by atoms with E-state index in [0.717, 1.165) is 0 Å². The van der Waals surface area contributed by atoms with Crippen LogP contribution in [0.15, 0.2) is 24.3 Å². The summed E-state index contributed by atoms with van der Waals surface area (Å²) in [6, 6.07) is 10.4. The largest absolute Gasteiger partial charge is 0.382 e. The van der Waals surface area contributed by atoms with Crippen LogP contribution in [-0.2, 0) is 0 Å². The zero-order valence-electron chi connectivity index (χ0n) is 11.1. The molecule has 2 heteroatoms. The van der Waals surface area contributed by atoms with E-state index in [1.807, 2.05) is 0 Å². The fourth-order valence-corrected chi connectivity index (χ4v) is 3.25. The minimum Gasteiger partial charge on any atom is -0.382 e. The maximum absolute atomic E-state index is 3.65. The van der Waals surface area contributed by atoms with Crippen LogP contribution in [0.4, 0.5) is 5.69 Å². The van der Waals surface area contributed by atoms with Crippen LogP contribution in [0.1, 0.15) is 56.6 Å². The van der Waals surface area contributed by atoms with E-state index in [-0.39, 0.29) is 0 Å². The summed E-state index contributed by atoms with van der Waals surface area (Å²) in [5, 5.41) is 7.26. The molecule has 1 aromatic rings. The lowest BCUT2D eigenvalue weighted by molar-refractivity contribution is 0.412. The molecule has 98 valence electrons. The lowest BCUT2D eigenvalue weighted by Crippen LogP contribution is -2.26. The molecule has 1 aromatic carbocycles. The fraction of sp³-hybridized carbons (Fsp3) is 0.625. The SMILES string of the molecule is c1cc(C2CCCCN2)ccc1NC1CCCC1. The first-order valence-corrected chi connectivity index (χ1v) is 7.52. The molecule has 0 spiro atoms. The Bertz CT molecular complexity index is 359. The molecule has 2 fully saturated rings. The van der Waals surface area contributed by atoms with Crippen molar-refractivity contribution in [3.63, 3.8) is 0 Å². The molecule has 1 unspecified atom stereocenters. The van der Waals surface area contributed by atoms with Crippen molar-refractivity contribution in [2.45, 2.75) is 57.0 Å². The number of piperidine rings is 1. The predicted molar refractivity (Wildman–Crippen MR) is 76.9 cm³/mol. The van der Waals surface area contributed by atoms with E-state index < -0.39 is 0 Å². The van der Waals surface area contributed by atoms with Crippen LogP contribution in [0, 0.1) is 0 Å². The first-order valence-electron chi connectivity index (χ1n) is 7.52. The van der Waals surface area contributed by atoms with Gasteiger partial charge in [-0.05, 0) is 49.9 Å². The second-order valence-electron chi connectivity index (χ2n) is 5.75. The van der Waals surface area contributed by atoms with Gasteiger partial charge >= 0.3 is 0 Å². The van der Waals surface area contributed by atoms with E-state index in [1.165, 1.54) is 62.7 Å². The first kappa shape index (κ1) is 12.0. The molecule has 2 N–H and O–H groups in total. The van der Waals surface area contributed by atoms with Crippen molar-refractivity contribution in [3.05, 3.63) is 29.8 Å². The van der Waals surface area contributed by atoms with Crippen LogP contribution >= 0.6 is 0 Å². The van der Waals surface area contributed by atoms with E-state index in [2.05, 4.69) is 34.9 Å². The lowest BCUT2D eigenvalue weighted by atomic mass is 9.97. The summed E-state index contributed by atoms with van der Waals surface area (Å²) in [5.41, 5.74) is 2.74. The van der Waals surface area contributed by atoms with Crippen molar-refractivity contribution in [1.82, 2.24) is 5.32 Å². The molecule has 0 bridgehead atoms. The van der Waals surface area contributed by atoms with Crippen LogP contribution in [0.3, 0.4) is 0 Å². The van der Waals surface area contributed by atoms with Gasteiger partial charge in [-0.25, -0.2) is 0 Å². The van der Waals surface area contributed by atoms with Gasteiger partial charge in [-0.15, -0.1) is 0 Å². The normalized spacial score (nSPS) is 25.2. The Balaban J connectivity index is 1.60. The topological polar surface area (TPSA) is 24.1 Å². The Morgan fingerprint density at radius 2 is 1.61 bits per heavy atom. The summed E-state index contributed by atoms with van der Waals surface area (Å²) in [7, 11) is 0. The van der Waals surface area contributed by atoms with Crippen molar-refractivity contribution in [2.24, 2.45) is 0 Å². The van der Waals surface area contributed by atoms with Crippen molar-refractivity contribution in [3.8, 4) is 0 Å². The number of hydrogen-bond acceptors (Lipinski definition) is 2. The average molecular weight is 244 g/mol. The van der Waals surface area contributed by atoms with Crippen LogP contribution in [-0.4, -0.2) is 12.6 Å². The molecule has 1 heterocycles. The van der Waals surface area contributed by atoms with Crippen LogP contribution in [0.25, 0.3) is 0 Å². The Labute approximate surface area is 110 Å². The summed E-state index contributed by atoms with van der Waals surface area (Å²) in [6.45, 7) is 1.17. The molecule has 1 aliphatic heterocycles. The van der Waals surface area contributed by atoms with Gasteiger partial charge in [0, 0.05) is 17.8 Å². The second-order valence-corrected chi connectivity index (χ2v) is 5.75. The van der Waals surface area contributed by atoms with E-state index in [4.69, 9.17) is 0 Å². The second kappa shape index (κ2) is 5.75. The molecule has 1 saturated carbocycles. The Morgan fingerprint density at radius 1 is 0.889 bits per heavy atom.